The molecule has 0 amide bonds. The topological polar surface area (TPSA) is 39.7 Å². The highest BCUT2D eigenvalue weighted by Crippen LogP contribution is 2.47. The fourth-order valence-electron chi connectivity index (χ4n) is 4.50. The molecule has 0 spiro atoms. The van der Waals surface area contributed by atoms with Crippen LogP contribution in [0.1, 0.15) is 53.9 Å². The first kappa shape index (κ1) is 17.2. The zero-order valence-corrected chi connectivity index (χ0v) is 14.6. The Kier molecular flexibility index (Phi) is 5.04. The molecule has 4 nitrogen and oxygen atoms in total. The van der Waals surface area contributed by atoms with E-state index in [2.05, 4.69) is 47.0 Å². The standard InChI is InChI=1S/C17H33NO3/c1-7-20-17(8-10-19-11-9-17)14(18-6)13-12-15(2,3)21-16(13,4)5/h13-14,18H,7-12H2,1-6H3. The van der Waals surface area contributed by atoms with E-state index in [4.69, 9.17) is 14.2 Å². The Morgan fingerprint density at radius 2 is 1.81 bits per heavy atom. The Morgan fingerprint density at radius 1 is 1.19 bits per heavy atom. The van der Waals surface area contributed by atoms with Gasteiger partial charge in [0.05, 0.1) is 16.8 Å². The average Bonchev–Trinajstić information content (AvgIpc) is 2.60. The molecule has 21 heavy (non-hydrogen) atoms. The predicted molar refractivity (Wildman–Crippen MR) is 84.6 cm³/mol. The summed E-state index contributed by atoms with van der Waals surface area (Å²) < 4.78 is 18.2. The monoisotopic (exact) mass is 299 g/mol. The quantitative estimate of drug-likeness (QED) is 0.847. The van der Waals surface area contributed by atoms with Crippen molar-refractivity contribution in [1.29, 1.82) is 0 Å². The van der Waals surface area contributed by atoms with Gasteiger partial charge < -0.3 is 19.5 Å². The minimum Gasteiger partial charge on any atom is -0.381 e. The van der Waals surface area contributed by atoms with Crippen molar-refractivity contribution in [2.45, 2.75) is 76.7 Å². The second-order valence-electron chi connectivity index (χ2n) is 7.65. The van der Waals surface area contributed by atoms with Crippen LogP contribution in [0.2, 0.25) is 0 Å². The zero-order valence-electron chi connectivity index (χ0n) is 14.6. The molecule has 0 aromatic rings. The molecule has 2 atom stereocenters. The van der Waals surface area contributed by atoms with Crippen molar-refractivity contribution >= 4 is 0 Å². The van der Waals surface area contributed by atoms with E-state index >= 15 is 0 Å². The molecule has 2 unspecified atom stereocenters. The molecule has 0 saturated carbocycles. The molecule has 2 aliphatic heterocycles. The Bertz CT molecular complexity index is 342. The lowest BCUT2D eigenvalue weighted by Crippen LogP contribution is -2.60. The van der Waals surface area contributed by atoms with Crippen LogP contribution in [0.5, 0.6) is 0 Å². The van der Waals surface area contributed by atoms with E-state index in [1.807, 2.05) is 0 Å². The summed E-state index contributed by atoms with van der Waals surface area (Å²) in [6.45, 7) is 13.2. The van der Waals surface area contributed by atoms with Crippen LogP contribution in [-0.4, -0.2) is 49.7 Å². The molecular weight excluding hydrogens is 266 g/mol. The Balaban J connectivity index is 2.28. The number of nitrogens with one attached hydrogen (secondary N) is 1. The van der Waals surface area contributed by atoms with Gasteiger partial charge in [0.1, 0.15) is 0 Å². The van der Waals surface area contributed by atoms with Crippen LogP contribution in [0.4, 0.5) is 0 Å². The normalized spacial score (nSPS) is 32.0. The molecule has 4 heteroatoms. The number of hydrogen-bond acceptors (Lipinski definition) is 4. The van der Waals surface area contributed by atoms with Gasteiger partial charge in [0.15, 0.2) is 0 Å². The van der Waals surface area contributed by atoms with Crippen LogP contribution >= 0.6 is 0 Å². The van der Waals surface area contributed by atoms with Gasteiger partial charge in [-0.2, -0.15) is 0 Å². The molecule has 0 aromatic heterocycles. The molecule has 2 heterocycles. The van der Waals surface area contributed by atoms with Crippen molar-refractivity contribution in [3.05, 3.63) is 0 Å². The summed E-state index contributed by atoms with van der Waals surface area (Å²) in [5.41, 5.74) is -0.338. The Morgan fingerprint density at radius 3 is 2.24 bits per heavy atom. The summed E-state index contributed by atoms with van der Waals surface area (Å²) in [4.78, 5) is 0. The number of hydrogen-bond donors (Lipinski definition) is 1. The lowest BCUT2D eigenvalue weighted by Gasteiger charge is -2.47. The highest BCUT2D eigenvalue weighted by Gasteiger charge is 2.55. The maximum atomic E-state index is 6.32. The molecule has 1 N–H and O–H groups in total. The van der Waals surface area contributed by atoms with E-state index in [1.54, 1.807) is 0 Å². The first-order valence-corrected chi connectivity index (χ1v) is 8.35. The first-order valence-electron chi connectivity index (χ1n) is 8.35. The zero-order chi connectivity index (χ0) is 15.7. The maximum Gasteiger partial charge on any atom is 0.0882 e. The minimum atomic E-state index is -0.139. The smallest absolute Gasteiger partial charge is 0.0882 e. The van der Waals surface area contributed by atoms with Gasteiger partial charge >= 0.3 is 0 Å². The molecule has 124 valence electrons. The molecule has 2 aliphatic rings. The van der Waals surface area contributed by atoms with Gasteiger partial charge in [0, 0.05) is 44.6 Å². The largest absolute Gasteiger partial charge is 0.381 e. The third-order valence-corrected chi connectivity index (χ3v) is 5.19. The van der Waals surface area contributed by atoms with Gasteiger partial charge in [-0.15, -0.1) is 0 Å². The van der Waals surface area contributed by atoms with E-state index in [0.717, 1.165) is 39.1 Å². The molecule has 0 aromatic carbocycles. The summed E-state index contributed by atoms with van der Waals surface area (Å²) in [6, 6.07) is 0.290. The van der Waals surface area contributed by atoms with Crippen molar-refractivity contribution in [1.82, 2.24) is 5.32 Å². The summed E-state index contributed by atoms with van der Waals surface area (Å²) in [5.74, 6) is 0.433. The van der Waals surface area contributed by atoms with Crippen LogP contribution in [0.3, 0.4) is 0 Å². The van der Waals surface area contributed by atoms with Crippen LogP contribution < -0.4 is 5.32 Å². The lowest BCUT2D eigenvalue weighted by atomic mass is 9.71. The van der Waals surface area contributed by atoms with Gasteiger partial charge in [0.25, 0.3) is 0 Å². The van der Waals surface area contributed by atoms with Gasteiger partial charge in [0.2, 0.25) is 0 Å². The molecule has 0 aliphatic carbocycles. The molecule has 0 bridgehead atoms. The second kappa shape index (κ2) is 6.15. The summed E-state index contributed by atoms with van der Waals surface area (Å²) in [6.07, 6.45) is 2.97. The average molecular weight is 299 g/mol. The Hall–Kier alpha value is -0.160. The molecule has 2 saturated heterocycles. The van der Waals surface area contributed by atoms with E-state index in [1.165, 1.54) is 0 Å². The van der Waals surface area contributed by atoms with E-state index in [9.17, 15) is 0 Å². The SMILES string of the molecule is CCOC1(C(NC)C2CC(C)(C)OC2(C)C)CCOCC1. The lowest BCUT2D eigenvalue weighted by molar-refractivity contribution is -0.148. The van der Waals surface area contributed by atoms with Gasteiger partial charge in [-0.05, 0) is 48.1 Å². The number of likely N-dealkylation sites (N-methyl/N-ethyl adjacent to an activating group) is 1. The van der Waals surface area contributed by atoms with Gasteiger partial charge in [-0.1, -0.05) is 0 Å². The molecule has 2 fully saturated rings. The third-order valence-electron chi connectivity index (χ3n) is 5.19. The van der Waals surface area contributed by atoms with Crippen molar-refractivity contribution in [3.63, 3.8) is 0 Å². The summed E-state index contributed by atoms with van der Waals surface area (Å²) >= 11 is 0. The summed E-state index contributed by atoms with van der Waals surface area (Å²) in [7, 11) is 2.06. The van der Waals surface area contributed by atoms with Crippen molar-refractivity contribution in [3.8, 4) is 0 Å². The van der Waals surface area contributed by atoms with Crippen molar-refractivity contribution < 1.29 is 14.2 Å². The highest BCUT2D eigenvalue weighted by atomic mass is 16.5. The number of rotatable bonds is 5. The fourth-order valence-corrected chi connectivity index (χ4v) is 4.50. The van der Waals surface area contributed by atoms with Crippen LogP contribution in [0.25, 0.3) is 0 Å². The Labute approximate surface area is 129 Å². The fraction of sp³-hybridized carbons (Fsp3) is 1.00. The second-order valence-corrected chi connectivity index (χ2v) is 7.65. The van der Waals surface area contributed by atoms with Gasteiger partial charge in [-0.25, -0.2) is 0 Å². The highest BCUT2D eigenvalue weighted by molar-refractivity contribution is 5.07. The summed E-state index contributed by atoms with van der Waals surface area (Å²) in [5, 5.41) is 3.57. The molecular formula is C17H33NO3. The van der Waals surface area contributed by atoms with Crippen molar-refractivity contribution in [2.75, 3.05) is 26.9 Å². The van der Waals surface area contributed by atoms with E-state index in [0.29, 0.717) is 5.92 Å². The molecule has 2 rings (SSSR count). The van der Waals surface area contributed by atoms with Crippen LogP contribution in [-0.2, 0) is 14.2 Å². The number of ether oxygens (including phenoxy) is 3. The van der Waals surface area contributed by atoms with E-state index < -0.39 is 0 Å². The first-order chi connectivity index (χ1) is 9.76. The molecule has 0 radical (unpaired) electrons. The predicted octanol–water partition coefficient (Wildman–Crippen LogP) is 2.75. The van der Waals surface area contributed by atoms with Crippen LogP contribution in [0.15, 0.2) is 0 Å². The maximum absolute atomic E-state index is 6.32. The van der Waals surface area contributed by atoms with Crippen LogP contribution in [0, 0.1) is 5.92 Å². The minimum absolute atomic E-state index is 0.0676. The van der Waals surface area contributed by atoms with Gasteiger partial charge in [-0.3, -0.25) is 0 Å². The third kappa shape index (κ3) is 3.44. The van der Waals surface area contributed by atoms with E-state index in [-0.39, 0.29) is 22.8 Å². The van der Waals surface area contributed by atoms with Crippen molar-refractivity contribution in [2.24, 2.45) is 5.92 Å².